The third kappa shape index (κ3) is 4.54. The summed E-state index contributed by atoms with van der Waals surface area (Å²) in [6.45, 7) is 7.84. The molecule has 0 atom stereocenters. The van der Waals surface area contributed by atoms with Crippen molar-refractivity contribution in [2.45, 2.75) is 25.8 Å². The molecule has 0 radical (unpaired) electrons. The Morgan fingerprint density at radius 1 is 1.11 bits per heavy atom. The van der Waals surface area contributed by atoms with Crippen LogP contribution in [0.4, 0.5) is 5.69 Å². The maximum Gasteiger partial charge on any atom is 0.272 e. The molecule has 7 nitrogen and oxygen atoms in total. The van der Waals surface area contributed by atoms with Crippen LogP contribution in [0.25, 0.3) is 0 Å². The van der Waals surface area contributed by atoms with Crippen LogP contribution in [0.5, 0.6) is 0 Å². The molecule has 0 bridgehead atoms. The average Bonchev–Trinajstić information content (AvgIpc) is 3.19. The van der Waals surface area contributed by atoms with E-state index in [1.54, 1.807) is 0 Å². The lowest BCUT2D eigenvalue weighted by Crippen LogP contribution is -2.46. The van der Waals surface area contributed by atoms with E-state index in [-0.39, 0.29) is 5.91 Å². The lowest BCUT2D eigenvalue weighted by molar-refractivity contribution is 0.0946. The Kier molecular flexibility index (Phi) is 6.24. The molecule has 1 amide bonds. The van der Waals surface area contributed by atoms with E-state index < -0.39 is 0 Å². The highest BCUT2D eigenvalue weighted by molar-refractivity contribution is 5.94. The standard InChI is InChI=1S/C21H30N6O/c28-21(20-18-16-22-10-8-19(18)24-25-20)23-9-4-5-11-26-12-14-27(15-13-26)17-6-2-1-3-7-17/h1-3,6-7,22H,4-5,8-16H2,(H,23,28)(H,24,25). The van der Waals surface area contributed by atoms with Gasteiger partial charge in [0.05, 0.1) is 0 Å². The molecule has 4 rings (SSSR count). The summed E-state index contributed by atoms with van der Waals surface area (Å²) >= 11 is 0. The van der Waals surface area contributed by atoms with E-state index in [0.29, 0.717) is 12.2 Å². The molecule has 1 saturated heterocycles. The molecule has 7 heteroatoms. The van der Waals surface area contributed by atoms with Gasteiger partial charge in [-0.15, -0.1) is 0 Å². The van der Waals surface area contributed by atoms with Gasteiger partial charge in [0.1, 0.15) is 0 Å². The van der Waals surface area contributed by atoms with Crippen LogP contribution in [-0.4, -0.2) is 66.8 Å². The molecule has 28 heavy (non-hydrogen) atoms. The lowest BCUT2D eigenvalue weighted by Gasteiger charge is -2.36. The summed E-state index contributed by atoms with van der Waals surface area (Å²) in [6.07, 6.45) is 3.01. The van der Waals surface area contributed by atoms with Gasteiger partial charge in [0.25, 0.3) is 5.91 Å². The number of carbonyl (C=O) groups excluding carboxylic acids is 1. The number of amides is 1. The Balaban J connectivity index is 1.12. The van der Waals surface area contributed by atoms with Crippen LogP contribution in [0.1, 0.15) is 34.6 Å². The third-order valence-corrected chi connectivity index (χ3v) is 5.70. The molecule has 0 aliphatic carbocycles. The lowest BCUT2D eigenvalue weighted by atomic mass is 10.1. The highest BCUT2D eigenvalue weighted by Crippen LogP contribution is 2.16. The second-order valence-corrected chi connectivity index (χ2v) is 7.58. The van der Waals surface area contributed by atoms with Gasteiger partial charge in [-0.05, 0) is 31.5 Å². The van der Waals surface area contributed by atoms with E-state index >= 15 is 0 Å². The number of rotatable bonds is 7. The fourth-order valence-electron chi connectivity index (χ4n) is 4.03. The van der Waals surface area contributed by atoms with E-state index in [1.807, 2.05) is 0 Å². The molecule has 2 aliphatic heterocycles. The minimum atomic E-state index is -0.0577. The van der Waals surface area contributed by atoms with Gasteiger partial charge in [0.2, 0.25) is 0 Å². The number of aromatic nitrogens is 2. The average molecular weight is 383 g/mol. The normalized spacial score (nSPS) is 17.4. The van der Waals surface area contributed by atoms with Crippen LogP contribution in [0.3, 0.4) is 0 Å². The monoisotopic (exact) mass is 382 g/mol. The number of nitrogens with zero attached hydrogens (tertiary/aromatic N) is 3. The van der Waals surface area contributed by atoms with E-state index in [1.165, 1.54) is 5.69 Å². The molecule has 0 saturated carbocycles. The summed E-state index contributed by atoms with van der Waals surface area (Å²) < 4.78 is 0. The Hall–Kier alpha value is -2.38. The molecule has 1 aromatic carbocycles. The van der Waals surface area contributed by atoms with Crippen molar-refractivity contribution in [2.75, 3.05) is 50.7 Å². The molecular weight excluding hydrogens is 352 g/mol. The molecule has 150 valence electrons. The fourth-order valence-corrected chi connectivity index (χ4v) is 4.03. The second-order valence-electron chi connectivity index (χ2n) is 7.58. The summed E-state index contributed by atoms with van der Waals surface area (Å²) in [5.74, 6) is -0.0577. The first-order chi connectivity index (χ1) is 13.8. The Bertz CT molecular complexity index is 766. The Labute approximate surface area is 166 Å². The predicted octanol–water partition coefficient (Wildman–Crippen LogP) is 1.39. The number of fused-ring (bicyclic) bond motifs is 1. The fraction of sp³-hybridized carbons (Fsp3) is 0.524. The van der Waals surface area contributed by atoms with E-state index in [4.69, 9.17) is 0 Å². The highest BCUT2D eigenvalue weighted by atomic mass is 16.1. The maximum absolute atomic E-state index is 12.4. The third-order valence-electron chi connectivity index (χ3n) is 5.70. The predicted molar refractivity (Wildman–Crippen MR) is 111 cm³/mol. The summed E-state index contributed by atoms with van der Waals surface area (Å²) in [7, 11) is 0. The number of para-hydroxylation sites is 1. The van der Waals surface area contributed by atoms with Gasteiger partial charge >= 0.3 is 0 Å². The highest BCUT2D eigenvalue weighted by Gasteiger charge is 2.21. The van der Waals surface area contributed by atoms with Crippen molar-refractivity contribution < 1.29 is 4.79 Å². The molecular formula is C21H30N6O. The number of unbranched alkanes of at least 4 members (excludes halogenated alkanes) is 1. The second kappa shape index (κ2) is 9.21. The molecule has 1 fully saturated rings. The van der Waals surface area contributed by atoms with Crippen LogP contribution >= 0.6 is 0 Å². The Morgan fingerprint density at radius 2 is 1.93 bits per heavy atom. The summed E-state index contributed by atoms with van der Waals surface area (Å²) in [5.41, 5.74) is 4.00. The number of nitrogens with one attached hydrogen (secondary N) is 3. The van der Waals surface area contributed by atoms with Crippen molar-refractivity contribution in [1.29, 1.82) is 0 Å². The van der Waals surface area contributed by atoms with Crippen LogP contribution in [0.2, 0.25) is 0 Å². The smallest absolute Gasteiger partial charge is 0.272 e. The van der Waals surface area contributed by atoms with Crippen LogP contribution in [-0.2, 0) is 13.0 Å². The SMILES string of the molecule is O=C(NCCCCN1CCN(c2ccccc2)CC1)c1n[nH]c2c1CNCC2. The minimum Gasteiger partial charge on any atom is -0.369 e. The summed E-state index contributed by atoms with van der Waals surface area (Å²) in [4.78, 5) is 17.4. The van der Waals surface area contributed by atoms with Crippen molar-refractivity contribution in [2.24, 2.45) is 0 Å². The molecule has 0 unspecified atom stereocenters. The van der Waals surface area contributed by atoms with Crippen molar-refractivity contribution in [1.82, 2.24) is 25.7 Å². The molecule has 3 heterocycles. The van der Waals surface area contributed by atoms with Gasteiger partial charge in [-0.3, -0.25) is 14.8 Å². The first-order valence-electron chi connectivity index (χ1n) is 10.4. The largest absolute Gasteiger partial charge is 0.369 e. The number of carbonyl (C=O) groups is 1. The van der Waals surface area contributed by atoms with E-state index in [0.717, 1.165) is 76.3 Å². The number of hydrogen-bond donors (Lipinski definition) is 3. The van der Waals surface area contributed by atoms with Gasteiger partial charge in [-0.1, -0.05) is 18.2 Å². The number of anilines is 1. The van der Waals surface area contributed by atoms with Crippen LogP contribution in [0, 0.1) is 0 Å². The van der Waals surface area contributed by atoms with E-state index in [9.17, 15) is 4.79 Å². The quantitative estimate of drug-likeness (QED) is 0.631. The number of aromatic amines is 1. The number of piperazine rings is 1. The Morgan fingerprint density at radius 3 is 2.75 bits per heavy atom. The van der Waals surface area contributed by atoms with Gasteiger partial charge in [0.15, 0.2) is 5.69 Å². The van der Waals surface area contributed by atoms with Gasteiger partial charge < -0.3 is 15.5 Å². The topological polar surface area (TPSA) is 76.3 Å². The summed E-state index contributed by atoms with van der Waals surface area (Å²) in [5, 5.41) is 13.5. The first kappa shape index (κ1) is 19.0. The molecule has 0 spiro atoms. The van der Waals surface area contributed by atoms with Crippen LogP contribution < -0.4 is 15.5 Å². The summed E-state index contributed by atoms with van der Waals surface area (Å²) in [6, 6.07) is 10.6. The zero-order valence-corrected chi connectivity index (χ0v) is 16.4. The number of hydrogen-bond acceptors (Lipinski definition) is 5. The minimum absolute atomic E-state index is 0.0577. The number of benzene rings is 1. The molecule has 2 aliphatic rings. The van der Waals surface area contributed by atoms with Crippen molar-refractivity contribution >= 4 is 11.6 Å². The zero-order valence-electron chi connectivity index (χ0n) is 16.4. The van der Waals surface area contributed by atoms with Crippen molar-refractivity contribution in [3.05, 3.63) is 47.3 Å². The molecule has 2 aromatic rings. The first-order valence-corrected chi connectivity index (χ1v) is 10.4. The van der Waals surface area contributed by atoms with Crippen LogP contribution in [0.15, 0.2) is 30.3 Å². The van der Waals surface area contributed by atoms with E-state index in [2.05, 4.69) is 61.0 Å². The van der Waals surface area contributed by atoms with Gasteiger partial charge in [0, 0.05) is 69.2 Å². The van der Waals surface area contributed by atoms with Gasteiger partial charge in [-0.2, -0.15) is 5.10 Å². The maximum atomic E-state index is 12.4. The van der Waals surface area contributed by atoms with Crippen molar-refractivity contribution in [3.63, 3.8) is 0 Å². The molecule has 3 N–H and O–H groups in total. The zero-order chi connectivity index (χ0) is 19.2. The van der Waals surface area contributed by atoms with Gasteiger partial charge in [-0.25, -0.2) is 0 Å². The number of H-pyrrole nitrogens is 1. The molecule has 1 aromatic heterocycles. The van der Waals surface area contributed by atoms with Crippen molar-refractivity contribution in [3.8, 4) is 0 Å².